The van der Waals surface area contributed by atoms with Gasteiger partial charge in [-0.05, 0) is 38.9 Å². The van der Waals surface area contributed by atoms with Crippen LogP contribution in [0.2, 0.25) is 5.02 Å². The van der Waals surface area contributed by atoms with E-state index >= 15 is 0 Å². The van der Waals surface area contributed by atoms with Crippen molar-refractivity contribution in [3.05, 3.63) is 22.8 Å². The summed E-state index contributed by atoms with van der Waals surface area (Å²) < 4.78 is 0. The summed E-state index contributed by atoms with van der Waals surface area (Å²) in [5, 5.41) is 3.31. The number of pyridine rings is 1. The van der Waals surface area contributed by atoms with E-state index in [1.807, 2.05) is 0 Å². The average molecular weight is 283 g/mol. The van der Waals surface area contributed by atoms with Crippen LogP contribution >= 0.6 is 11.6 Å². The fourth-order valence-corrected chi connectivity index (χ4v) is 2.48. The molecule has 2 unspecified atom stereocenters. The number of carbonyl (C=O) groups excluding carboxylic acids is 1. The SMILES string of the molecule is CC1CC(NC(=O)c2nc(N)ccc2Cl)CCN1C. The van der Waals surface area contributed by atoms with E-state index in [9.17, 15) is 4.79 Å². The topological polar surface area (TPSA) is 71.2 Å². The number of anilines is 1. The lowest BCUT2D eigenvalue weighted by Crippen LogP contribution is -2.47. The van der Waals surface area contributed by atoms with Gasteiger partial charge in [0.15, 0.2) is 0 Å². The first kappa shape index (κ1) is 14.1. The Kier molecular flexibility index (Phi) is 4.27. The zero-order chi connectivity index (χ0) is 14.0. The van der Waals surface area contributed by atoms with E-state index in [0.717, 1.165) is 19.4 Å². The predicted octanol–water partition coefficient (Wildman–Crippen LogP) is 1.53. The Morgan fingerprint density at radius 2 is 2.32 bits per heavy atom. The number of piperidine rings is 1. The summed E-state index contributed by atoms with van der Waals surface area (Å²) in [6, 6.07) is 3.80. The molecule has 1 fully saturated rings. The molecule has 0 spiro atoms. The van der Waals surface area contributed by atoms with E-state index < -0.39 is 0 Å². The molecule has 1 saturated heterocycles. The molecule has 6 heteroatoms. The van der Waals surface area contributed by atoms with Crippen LogP contribution in [0.25, 0.3) is 0 Å². The van der Waals surface area contributed by atoms with Gasteiger partial charge in [-0.2, -0.15) is 0 Å². The Hall–Kier alpha value is -1.33. The number of amides is 1. The third-order valence-electron chi connectivity index (χ3n) is 3.63. The number of aromatic nitrogens is 1. The first-order valence-corrected chi connectivity index (χ1v) is 6.78. The molecular formula is C13H19ClN4O. The van der Waals surface area contributed by atoms with Crippen molar-refractivity contribution in [2.45, 2.75) is 31.8 Å². The van der Waals surface area contributed by atoms with Crippen molar-refractivity contribution in [1.82, 2.24) is 15.2 Å². The summed E-state index contributed by atoms with van der Waals surface area (Å²) in [6.07, 6.45) is 1.87. The van der Waals surface area contributed by atoms with Crippen LogP contribution in [0.3, 0.4) is 0 Å². The summed E-state index contributed by atoms with van der Waals surface area (Å²) in [5.41, 5.74) is 5.78. The molecule has 3 N–H and O–H groups in total. The van der Waals surface area contributed by atoms with Gasteiger partial charge < -0.3 is 16.0 Å². The third kappa shape index (κ3) is 3.36. The molecule has 19 heavy (non-hydrogen) atoms. The molecule has 1 aliphatic heterocycles. The van der Waals surface area contributed by atoms with Crippen LogP contribution in [0, 0.1) is 0 Å². The van der Waals surface area contributed by atoms with E-state index in [4.69, 9.17) is 17.3 Å². The van der Waals surface area contributed by atoms with E-state index in [-0.39, 0.29) is 17.6 Å². The number of nitrogens with zero attached hydrogens (tertiary/aromatic N) is 2. The normalized spacial score (nSPS) is 24.2. The second kappa shape index (κ2) is 5.75. The Balaban J connectivity index is 2.03. The summed E-state index contributed by atoms with van der Waals surface area (Å²) in [4.78, 5) is 18.4. The molecule has 2 atom stereocenters. The summed E-state index contributed by atoms with van der Waals surface area (Å²) in [5.74, 6) is 0.0466. The molecule has 0 bridgehead atoms. The minimum absolute atomic E-state index is 0.165. The molecular weight excluding hydrogens is 264 g/mol. The highest BCUT2D eigenvalue weighted by Crippen LogP contribution is 2.18. The molecule has 104 valence electrons. The number of hydrogen-bond donors (Lipinski definition) is 2. The van der Waals surface area contributed by atoms with Gasteiger partial charge in [-0.15, -0.1) is 0 Å². The molecule has 2 rings (SSSR count). The highest BCUT2D eigenvalue weighted by Gasteiger charge is 2.25. The van der Waals surface area contributed by atoms with Crippen LogP contribution < -0.4 is 11.1 Å². The van der Waals surface area contributed by atoms with E-state index in [1.165, 1.54) is 0 Å². The molecule has 1 amide bonds. The maximum atomic E-state index is 12.1. The van der Waals surface area contributed by atoms with Crippen molar-refractivity contribution in [2.75, 3.05) is 19.3 Å². The molecule has 0 aliphatic carbocycles. The largest absolute Gasteiger partial charge is 0.384 e. The Morgan fingerprint density at radius 1 is 1.58 bits per heavy atom. The van der Waals surface area contributed by atoms with Gasteiger partial charge in [-0.3, -0.25) is 4.79 Å². The van der Waals surface area contributed by atoms with Crippen molar-refractivity contribution < 1.29 is 4.79 Å². The van der Waals surface area contributed by atoms with Gasteiger partial charge in [-0.1, -0.05) is 11.6 Å². The number of nitrogens with one attached hydrogen (secondary N) is 1. The minimum Gasteiger partial charge on any atom is -0.384 e. The Labute approximate surface area is 118 Å². The highest BCUT2D eigenvalue weighted by atomic mass is 35.5. The van der Waals surface area contributed by atoms with Gasteiger partial charge in [0, 0.05) is 18.6 Å². The number of likely N-dealkylation sites (tertiary alicyclic amines) is 1. The molecule has 5 nitrogen and oxygen atoms in total. The molecule has 0 radical (unpaired) electrons. The quantitative estimate of drug-likeness (QED) is 0.863. The third-order valence-corrected chi connectivity index (χ3v) is 3.93. The minimum atomic E-state index is -0.251. The van der Waals surface area contributed by atoms with Crippen molar-refractivity contribution in [2.24, 2.45) is 0 Å². The smallest absolute Gasteiger partial charge is 0.271 e. The maximum absolute atomic E-state index is 12.1. The highest BCUT2D eigenvalue weighted by molar-refractivity contribution is 6.33. The molecule has 1 aliphatic rings. The fourth-order valence-electron chi connectivity index (χ4n) is 2.29. The van der Waals surface area contributed by atoms with Gasteiger partial charge >= 0.3 is 0 Å². The Bertz CT molecular complexity index is 480. The van der Waals surface area contributed by atoms with Crippen LogP contribution in [0.5, 0.6) is 0 Å². The average Bonchev–Trinajstić information content (AvgIpc) is 2.36. The van der Waals surface area contributed by atoms with Crippen molar-refractivity contribution in [3.8, 4) is 0 Å². The number of rotatable bonds is 2. The van der Waals surface area contributed by atoms with Gasteiger partial charge in [0.1, 0.15) is 11.5 Å². The number of nitrogens with two attached hydrogens (primary N) is 1. The van der Waals surface area contributed by atoms with Gasteiger partial charge in [-0.25, -0.2) is 4.98 Å². The molecule has 1 aromatic heterocycles. The van der Waals surface area contributed by atoms with Gasteiger partial charge in [0.25, 0.3) is 5.91 Å². The van der Waals surface area contributed by atoms with E-state index in [2.05, 4.69) is 29.2 Å². The molecule has 0 aromatic carbocycles. The number of carbonyl (C=O) groups is 1. The number of nitrogen functional groups attached to an aromatic ring is 1. The predicted molar refractivity (Wildman–Crippen MR) is 76.2 cm³/mol. The zero-order valence-corrected chi connectivity index (χ0v) is 11.9. The molecule has 2 heterocycles. The lowest BCUT2D eigenvalue weighted by molar-refractivity contribution is 0.0892. The number of hydrogen-bond acceptors (Lipinski definition) is 4. The van der Waals surface area contributed by atoms with Crippen LogP contribution in [0.15, 0.2) is 12.1 Å². The van der Waals surface area contributed by atoms with Crippen LogP contribution in [0.1, 0.15) is 30.3 Å². The summed E-state index contributed by atoms with van der Waals surface area (Å²) in [7, 11) is 2.10. The summed E-state index contributed by atoms with van der Waals surface area (Å²) in [6.45, 7) is 3.13. The van der Waals surface area contributed by atoms with Crippen LogP contribution in [-0.2, 0) is 0 Å². The monoisotopic (exact) mass is 282 g/mol. The fraction of sp³-hybridized carbons (Fsp3) is 0.538. The first-order chi connectivity index (χ1) is 8.97. The lowest BCUT2D eigenvalue weighted by atomic mass is 9.99. The lowest BCUT2D eigenvalue weighted by Gasteiger charge is -2.35. The number of halogens is 1. The van der Waals surface area contributed by atoms with Crippen molar-refractivity contribution in [3.63, 3.8) is 0 Å². The van der Waals surface area contributed by atoms with Gasteiger partial charge in [0.05, 0.1) is 5.02 Å². The molecule has 1 aromatic rings. The Morgan fingerprint density at radius 3 is 3.00 bits per heavy atom. The van der Waals surface area contributed by atoms with Crippen molar-refractivity contribution in [1.29, 1.82) is 0 Å². The second-order valence-corrected chi connectivity index (χ2v) is 5.50. The summed E-state index contributed by atoms with van der Waals surface area (Å²) >= 11 is 5.97. The van der Waals surface area contributed by atoms with E-state index in [0.29, 0.717) is 16.9 Å². The van der Waals surface area contributed by atoms with E-state index in [1.54, 1.807) is 12.1 Å². The maximum Gasteiger partial charge on any atom is 0.271 e. The first-order valence-electron chi connectivity index (χ1n) is 6.40. The standard InChI is InChI=1S/C13H19ClN4O/c1-8-7-9(5-6-18(8)2)16-13(19)12-10(14)3-4-11(15)17-12/h3-4,8-9H,5-7H2,1-2H3,(H2,15,17)(H,16,19). The van der Waals surface area contributed by atoms with Gasteiger partial charge in [0.2, 0.25) is 0 Å². The zero-order valence-electron chi connectivity index (χ0n) is 11.2. The van der Waals surface area contributed by atoms with Crippen LogP contribution in [-0.4, -0.2) is 41.5 Å². The van der Waals surface area contributed by atoms with Crippen LogP contribution in [0.4, 0.5) is 5.82 Å². The molecule has 0 saturated carbocycles. The second-order valence-electron chi connectivity index (χ2n) is 5.09. The van der Waals surface area contributed by atoms with Crippen molar-refractivity contribution >= 4 is 23.3 Å².